The number of amides is 2. The molecule has 0 fully saturated rings. The van der Waals surface area contributed by atoms with Crippen LogP contribution in [-0.2, 0) is 9.53 Å². The van der Waals surface area contributed by atoms with Crippen LogP contribution in [0, 0.1) is 0 Å². The molecule has 0 radical (unpaired) electrons. The highest BCUT2D eigenvalue weighted by Gasteiger charge is 2.13. The van der Waals surface area contributed by atoms with Gasteiger partial charge in [-0.1, -0.05) is 30.3 Å². The number of ether oxygens (including phenoxy) is 4. The second-order valence-corrected chi connectivity index (χ2v) is 7.04. The second-order valence-electron chi connectivity index (χ2n) is 7.04. The number of rotatable bonds is 11. The fraction of sp³-hybridized carbons (Fsp3) is 0.192. The zero-order valence-corrected chi connectivity index (χ0v) is 19.2. The van der Waals surface area contributed by atoms with Crippen molar-refractivity contribution in [2.24, 2.45) is 0 Å². The molecular weight excluding hydrogens is 452 g/mol. The van der Waals surface area contributed by atoms with Crippen molar-refractivity contribution in [1.29, 1.82) is 0 Å². The Morgan fingerprint density at radius 2 is 1.37 bits per heavy atom. The van der Waals surface area contributed by atoms with E-state index in [2.05, 4.69) is 10.9 Å². The molecule has 3 aromatic carbocycles. The van der Waals surface area contributed by atoms with E-state index in [4.69, 9.17) is 18.9 Å². The Morgan fingerprint density at radius 1 is 0.714 bits per heavy atom. The zero-order valence-electron chi connectivity index (χ0n) is 19.2. The van der Waals surface area contributed by atoms with Crippen LogP contribution in [0.1, 0.15) is 27.6 Å². The summed E-state index contributed by atoms with van der Waals surface area (Å²) in [5.41, 5.74) is 5.27. The van der Waals surface area contributed by atoms with E-state index in [1.54, 1.807) is 43.3 Å². The van der Waals surface area contributed by atoms with Crippen LogP contribution in [0.4, 0.5) is 0 Å². The first-order valence-electron chi connectivity index (χ1n) is 11.0. The Morgan fingerprint density at radius 3 is 2.11 bits per heavy atom. The number of carbonyl (C=O) groups is 3. The smallest absolute Gasteiger partial charge is 0.338 e. The number of nitrogens with one attached hydrogen (secondary N) is 2. The van der Waals surface area contributed by atoms with Gasteiger partial charge in [-0.2, -0.15) is 0 Å². The van der Waals surface area contributed by atoms with Gasteiger partial charge in [-0.15, -0.1) is 0 Å². The van der Waals surface area contributed by atoms with E-state index in [-0.39, 0.29) is 25.4 Å². The standard InChI is InChI=1S/C26H26N2O7/c1-2-32-26(31)19-12-14-21(15-13-19)35-18-24(29)27-28-25(30)22-10-6-7-11-23(22)34-17-16-33-20-8-4-3-5-9-20/h3-15H,2,16-18H2,1H3,(H,27,29)(H,28,30). The van der Waals surface area contributed by atoms with Gasteiger partial charge in [-0.05, 0) is 55.5 Å². The summed E-state index contributed by atoms with van der Waals surface area (Å²) in [6.45, 7) is 2.19. The fourth-order valence-corrected chi connectivity index (χ4v) is 2.89. The molecule has 0 aromatic heterocycles. The molecular formula is C26H26N2O7. The highest BCUT2D eigenvalue weighted by molar-refractivity contribution is 5.98. The number of hydrazine groups is 1. The maximum absolute atomic E-state index is 12.5. The van der Waals surface area contributed by atoms with E-state index in [1.807, 2.05) is 30.3 Å². The molecule has 9 nitrogen and oxygen atoms in total. The van der Waals surface area contributed by atoms with Gasteiger partial charge in [0.1, 0.15) is 30.5 Å². The molecule has 0 atom stereocenters. The number of esters is 1. The summed E-state index contributed by atoms with van der Waals surface area (Å²) >= 11 is 0. The van der Waals surface area contributed by atoms with Crippen molar-refractivity contribution in [3.8, 4) is 17.2 Å². The van der Waals surface area contributed by atoms with E-state index in [9.17, 15) is 14.4 Å². The average molecular weight is 479 g/mol. The van der Waals surface area contributed by atoms with Crippen molar-refractivity contribution in [2.75, 3.05) is 26.4 Å². The van der Waals surface area contributed by atoms with E-state index in [0.29, 0.717) is 23.7 Å². The van der Waals surface area contributed by atoms with Crippen LogP contribution < -0.4 is 25.1 Å². The molecule has 3 aromatic rings. The lowest BCUT2D eigenvalue weighted by molar-refractivity contribution is -0.123. The molecule has 0 aliphatic rings. The molecule has 0 saturated heterocycles. The van der Waals surface area contributed by atoms with E-state index in [0.717, 1.165) is 5.75 Å². The van der Waals surface area contributed by atoms with Crippen molar-refractivity contribution in [2.45, 2.75) is 6.92 Å². The Balaban J connectivity index is 1.42. The average Bonchev–Trinajstić information content (AvgIpc) is 2.90. The third kappa shape index (κ3) is 8.08. The van der Waals surface area contributed by atoms with E-state index < -0.39 is 17.8 Å². The van der Waals surface area contributed by atoms with Crippen LogP contribution in [0.5, 0.6) is 17.2 Å². The van der Waals surface area contributed by atoms with Crippen LogP contribution in [0.25, 0.3) is 0 Å². The summed E-state index contributed by atoms with van der Waals surface area (Å²) < 4.78 is 21.5. The molecule has 2 N–H and O–H groups in total. The molecule has 9 heteroatoms. The van der Waals surface area contributed by atoms with Gasteiger partial charge in [-0.3, -0.25) is 20.4 Å². The summed E-state index contributed by atoms with van der Waals surface area (Å²) in [5.74, 6) is -0.0847. The van der Waals surface area contributed by atoms with E-state index >= 15 is 0 Å². The summed E-state index contributed by atoms with van der Waals surface area (Å²) in [6.07, 6.45) is 0. The lowest BCUT2D eigenvalue weighted by Crippen LogP contribution is -2.44. The molecule has 0 aliphatic heterocycles. The highest BCUT2D eigenvalue weighted by atomic mass is 16.5. The van der Waals surface area contributed by atoms with Crippen LogP contribution in [-0.4, -0.2) is 44.2 Å². The molecule has 0 bridgehead atoms. The zero-order chi connectivity index (χ0) is 24.9. The molecule has 0 unspecified atom stereocenters. The number of hydrogen-bond acceptors (Lipinski definition) is 7. The van der Waals surface area contributed by atoms with Gasteiger partial charge >= 0.3 is 5.97 Å². The maximum Gasteiger partial charge on any atom is 0.338 e. The number of para-hydroxylation sites is 2. The number of hydrogen-bond donors (Lipinski definition) is 2. The van der Waals surface area contributed by atoms with Gasteiger partial charge in [0, 0.05) is 0 Å². The van der Waals surface area contributed by atoms with Crippen LogP contribution in [0.3, 0.4) is 0 Å². The second kappa shape index (κ2) is 13.2. The highest BCUT2D eigenvalue weighted by Crippen LogP contribution is 2.18. The molecule has 35 heavy (non-hydrogen) atoms. The van der Waals surface area contributed by atoms with Gasteiger partial charge < -0.3 is 18.9 Å². The van der Waals surface area contributed by atoms with Gasteiger partial charge in [0.25, 0.3) is 11.8 Å². The van der Waals surface area contributed by atoms with Crippen LogP contribution >= 0.6 is 0 Å². The van der Waals surface area contributed by atoms with Crippen molar-refractivity contribution in [3.05, 3.63) is 90.0 Å². The lowest BCUT2D eigenvalue weighted by Gasteiger charge is -2.13. The SMILES string of the molecule is CCOC(=O)c1ccc(OCC(=O)NNC(=O)c2ccccc2OCCOc2ccccc2)cc1. The van der Waals surface area contributed by atoms with Gasteiger partial charge in [-0.25, -0.2) is 4.79 Å². The Labute approximate surface area is 202 Å². The monoisotopic (exact) mass is 478 g/mol. The third-order valence-corrected chi connectivity index (χ3v) is 4.54. The van der Waals surface area contributed by atoms with Crippen molar-refractivity contribution in [3.63, 3.8) is 0 Å². The Hall–Kier alpha value is -4.53. The summed E-state index contributed by atoms with van der Waals surface area (Å²) in [6, 6.07) is 22.2. The predicted molar refractivity (Wildman–Crippen MR) is 127 cm³/mol. The topological polar surface area (TPSA) is 112 Å². The number of carbonyl (C=O) groups excluding carboxylic acids is 3. The van der Waals surface area contributed by atoms with Crippen molar-refractivity contribution in [1.82, 2.24) is 10.9 Å². The van der Waals surface area contributed by atoms with Crippen molar-refractivity contribution < 1.29 is 33.3 Å². The summed E-state index contributed by atoms with van der Waals surface area (Å²) in [4.78, 5) is 36.3. The molecule has 0 heterocycles. The minimum atomic E-state index is -0.567. The molecule has 0 saturated carbocycles. The van der Waals surface area contributed by atoms with Crippen LogP contribution in [0.2, 0.25) is 0 Å². The first-order valence-corrected chi connectivity index (χ1v) is 11.0. The molecule has 182 valence electrons. The minimum Gasteiger partial charge on any atom is -0.490 e. The summed E-state index contributed by atoms with van der Waals surface area (Å²) in [7, 11) is 0. The molecule has 3 rings (SSSR count). The molecule has 0 spiro atoms. The summed E-state index contributed by atoms with van der Waals surface area (Å²) in [5, 5.41) is 0. The molecule has 0 aliphatic carbocycles. The Kier molecular flexibility index (Phi) is 9.50. The lowest BCUT2D eigenvalue weighted by atomic mass is 10.2. The van der Waals surface area contributed by atoms with E-state index in [1.165, 1.54) is 12.1 Å². The predicted octanol–water partition coefficient (Wildman–Crippen LogP) is 3.16. The number of benzene rings is 3. The first-order chi connectivity index (χ1) is 17.1. The largest absolute Gasteiger partial charge is 0.490 e. The first kappa shape index (κ1) is 25.1. The van der Waals surface area contributed by atoms with Gasteiger partial charge in [0.15, 0.2) is 6.61 Å². The third-order valence-electron chi connectivity index (χ3n) is 4.54. The quantitative estimate of drug-likeness (QED) is 0.247. The molecule has 2 amide bonds. The normalized spacial score (nSPS) is 10.1. The van der Waals surface area contributed by atoms with Gasteiger partial charge in [0.05, 0.1) is 17.7 Å². The maximum atomic E-state index is 12.5. The minimum absolute atomic E-state index is 0.230. The van der Waals surface area contributed by atoms with Crippen LogP contribution in [0.15, 0.2) is 78.9 Å². The Bertz CT molecular complexity index is 1120. The fourth-order valence-electron chi connectivity index (χ4n) is 2.89. The van der Waals surface area contributed by atoms with Crippen molar-refractivity contribution >= 4 is 17.8 Å². The van der Waals surface area contributed by atoms with Gasteiger partial charge in [0.2, 0.25) is 0 Å².